The molecule has 0 spiro atoms. The number of carbonyl (C=O) groups is 3. The molecule has 4 rings (SSSR count). The Hall–Kier alpha value is -3.31. The number of hydrogen-bond acceptors (Lipinski definition) is 6. The second-order valence-corrected chi connectivity index (χ2v) is 9.00. The molecule has 4 amide bonds. The van der Waals surface area contributed by atoms with E-state index in [9.17, 15) is 14.4 Å². The number of benzene rings is 2. The average molecular weight is 607 g/mol. The van der Waals surface area contributed by atoms with Crippen LogP contribution in [0.5, 0.6) is 11.5 Å². The summed E-state index contributed by atoms with van der Waals surface area (Å²) in [7, 11) is 0. The van der Waals surface area contributed by atoms with Crippen LogP contribution in [0.15, 0.2) is 64.8 Å². The minimum atomic E-state index is -0.804. The van der Waals surface area contributed by atoms with Crippen LogP contribution in [-0.4, -0.2) is 29.4 Å². The van der Waals surface area contributed by atoms with E-state index in [4.69, 9.17) is 25.5 Å². The van der Waals surface area contributed by atoms with Gasteiger partial charge in [-0.25, -0.2) is 4.79 Å². The molecule has 1 aromatic heterocycles. The molecule has 1 aliphatic rings. The van der Waals surface area contributed by atoms with Crippen molar-refractivity contribution in [1.29, 1.82) is 0 Å². The number of barbiturate groups is 1. The summed E-state index contributed by atoms with van der Waals surface area (Å²) in [6, 6.07) is 13.3. The summed E-state index contributed by atoms with van der Waals surface area (Å²) in [5.41, 5.74) is 1.18. The molecular weight excluding hydrogens is 587 g/mol. The van der Waals surface area contributed by atoms with Crippen LogP contribution < -0.4 is 14.8 Å². The molecule has 3 aromatic rings. The largest absolute Gasteiger partial charge is 0.490 e. The number of urea groups is 1. The van der Waals surface area contributed by atoms with E-state index in [0.29, 0.717) is 38.0 Å². The Kier molecular flexibility index (Phi) is 7.76. The predicted molar refractivity (Wildman–Crippen MR) is 137 cm³/mol. The smallest absolute Gasteiger partial charge is 0.331 e. The van der Waals surface area contributed by atoms with E-state index in [0.717, 1.165) is 10.5 Å². The first-order valence-electron chi connectivity index (χ1n) is 10.6. The van der Waals surface area contributed by atoms with Gasteiger partial charge >= 0.3 is 6.03 Å². The lowest BCUT2D eigenvalue weighted by molar-refractivity contribution is -0.130. The number of rotatable bonds is 8. The number of halogens is 2. The molecule has 2 aromatic carbocycles. The van der Waals surface area contributed by atoms with Gasteiger partial charge in [-0.15, -0.1) is 0 Å². The normalized spacial score (nSPS) is 14.9. The maximum absolute atomic E-state index is 13.0. The van der Waals surface area contributed by atoms with Crippen LogP contribution in [0, 0.1) is 3.57 Å². The van der Waals surface area contributed by atoms with Crippen molar-refractivity contribution < 1.29 is 28.3 Å². The van der Waals surface area contributed by atoms with E-state index in [1.54, 1.807) is 30.3 Å². The lowest BCUT2D eigenvalue weighted by Crippen LogP contribution is -2.53. The first kappa shape index (κ1) is 24.8. The summed E-state index contributed by atoms with van der Waals surface area (Å²) in [5.74, 6) is -0.116. The molecule has 0 atom stereocenters. The van der Waals surface area contributed by atoms with Crippen molar-refractivity contribution in [2.75, 3.05) is 6.61 Å². The maximum atomic E-state index is 13.0. The van der Waals surface area contributed by atoms with E-state index < -0.39 is 17.8 Å². The number of imide groups is 2. The van der Waals surface area contributed by atoms with E-state index in [1.165, 1.54) is 12.3 Å². The number of furan rings is 1. The predicted octanol–water partition coefficient (Wildman–Crippen LogP) is 5.18. The molecule has 0 radical (unpaired) electrons. The second kappa shape index (κ2) is 11.0. The average Bonchev–Trinajstić information content (AvgIpc) is 3.33. The first-order chi connectivity index (χ1) is 16.9. The third-order valence-corrected chi connectivity index (χ3v) is 6.22. The molecule has 2 heterocycles. The third-order valence-electron chi connectivity index (χ3n) is 5.05. The van der Waals surface area contributed by atoms with Crippen LogP contribution >= 0.6 is 34.2 Å². The SMILES string of the molecule is CCOc1cc(/C=C2\C(=O)NC(=O)N(Cc3ccco3)C2=O)cc(I)c1OCc1ccccc1Cl. The van der Waals surface area contributed by atoms with Gasteiger partial charge in [-0.3, -0.25) is 19.8 Å². The molecule has 0 saturated carbocycles. The summed E-state index contributed by atoms with van der Waals surface area (Å²) in [4.78, 5) is 38.6. The van der Waals surface area contributed by atoms with Crippen molar-refractivity contribution >= 4 is 58.1 Å². The fourth-order valence-corrected chi connectivity index (χ4v) is 4.37. The van der Waals surface area contributed by atoms with E-state index in [1.807, 2.05) is 25.1 Å². The van der Waals surface area contributed by atoms with Crippen molar-refractivity contribution in [2.45, 2.75) is 20.1 Å². The van der Waals surface area contributed by atoms with Crippen LogP contribution in [0.25, 0.3) is 6.08 Å². The number of nitrogens with one attached hydrogen (secondary N) is 1. The highest BCUT2D eigenvalue weighted by atomic mass is 127. The standard InChI is InChI=1S/C25H20ClIN2O6/c1-2-33-21-12-15(11-20(27)22(21)35-14-16-6-3-4-8-19(16)26)10-18-23(30)28-25(32)29(24(18)31)13-17-7-5-9-34-17/h3-12H,2,13-14H2,1H3,(H,28,30,32)/b18-10+. The minimum Gasteiger partial charge on any atom is -0.490 e. The van der Waals surface area contributed by atoms with Gasteiger partial charge in [0.2, 0.25) is 0 Å². The van der Waals surface area contributed by atoms with Crippen molar-refractivity contribution in [3.63, 3.8) is 0 Å². The maximum Gasteiger partial charge on any atom is 0.331 e. The Balaban J connectivity index is 1.62. The molecule has 1 N–H and O–H groups in total. The van der Waals surface area contributed by atoms with Gasteiger partial charge in [0.25, 0.3) is 11.8 Å². The number of amides is 4. The Morgan fingerprint density at radius 3 is 2.63 bits per heavy atom. The third kappa shape index (κ3) is 5.68. The van der Waals surface area contributed by atoms with E-state index in [-0.39, 0.29) is 18.7 Å². The lowest BCUT2D eigenvalue weighted by atomic mass is 10.1. The Labute approximate surface area is 220 Å². The van der Waals surface area contributed by atoms with Gasteiger partial charge < -0.3 is 13.9 Å². The topological polar surface area (TPSA) is 98.1 Å². The van der Waals surface area contributed by atoms with Gasteiger partial charge in [-0.1, -0.05) is 29.8 Å². The zero-order chi connectivity index (χ0) is 24.9. The highest BCUT2D eigenvalue weighted by Crippen LogP contribution is 2.36. The van der Waals surface area contributed by atoms with Crippen LogP contribution in [0.1, 0.15) is 23.8 Å². The van der Waals surface area contributed by atoms with Crippen LogP contribution in [0.3, 0.4) is 0 Å². The monoisotopic (exact) mass is 606 g/mol. The summed E-state index contributed by atoms with van der Waals surface area (Å²) >= 11 is 8.33. The van der Waals surface area contributed by atoms with Crippen molar-refractivity contribution in [3.8, 4) is 11.5 Å². The molecule has 1 aliphatic heterocycles. The zero-order valence-corrected chi connectivity index (χ0v) is 21.5. The molecule has 1 saturated heterocycles. The second-order valence-electron chi connectivity index (χ2n) is 7.43. The lowest BCUT2D eigenvalue weighted by Gasteiger charge is -2.25. The van der Waals surface area contributed by atoms with Crippen LogP contribution in [-0.2, 0) is 22.7 Å². The Bertz CT molecular complexity index is 1310. The van der Waals surface area contributed by atoms with E-state index >= 15 is 0 Å². The van der Waals surface area contributed by atoms with Crippen molar-refractivity contribution in [2.24, 2.45) is 0 Å². The van der Waals surface area contributed by atoms with Gasteiger partial charge in [-0.05, 0) is 71.5 Å². The van der Waals surface area contributed by atoms with Crippen LogP contribution in [0.4, 0.5) is 4.79 Å². The van der Waals surface area contributed by atoms with Crippen LogP contribution in [0.2, 0.25) is 5.02 Å². The Morgan fingerprint density at radius 2 is 1.91 bits per heavy atom. The highest BCUT2D eigenvalue weighted by molar-refractivity contribution is 14.1. The summed E-state index contributed by atoms with van der Waals surface area (Å²) in [6.45, 7) is 2.36. The Morgan fingerprint density at radius 1 is 1.11 bits per heavy atom. The minimum absolute atomic E-state index is 0.0984. The molecule has 0 bridgehead atoms. The summed E-state index contributed by atoms with van der Waals surface area (Å²) in [6.07, 6.45) is 2.86. The molecular formula is C25H20ClIN2O6. The van der Waals surface area contributed by atoms with Gasteiger partial charge in [0.05, 0.1) is 23.0 Å². The molecule has 0 unspecified atom stereocenters. The van der Waals surface area contributed by atoms with E-state index in [2.05, 4.69) is 27.9 Å². The molecule has 1 fully saturated rings. The molecule has 8 nitrogen and oxygen atoms in total. The fraction of sp³-hybridized carbons (Fsp3) is 0.160. The summed E-state index contributed by atoms with van der Waals surface area (Å²) in [5, 5.41) is 2.79. The first-order valence-corrected chi connectivity index (χ1v) is 12.1. The fourth-order valence-electron chi connectivity index (χ4n) is 3.40. The highest BCUT2D eigenvalue weighted by Gasteiger charge is 2.36. The molecule has 10 heteroatoms. The number of hydrogen-bond donors (Lipinski definition) is 1. The van der Waals surface area contributed by atoms with Gasteiger partial charge in [0.15, 0.2) is 11.5 Å². The molecule has 180 valence electrons. The quantitative estimate of drug-likeness (QED) is 0.216. The zero-order valence-electron chi connectivity index (χ0n) is 18.5. The number of ether oxygens (including phenoxy) is 2. The van der Waals surface area contributed by atoms with Crippen molar-refractivity contribution in [3.05, 3.63) is 85.8 Å². The number of carbonyl (C=O) groups excluding carboxylic acids is 3. The van der Waals surface area contributed by atoms with Crippen molar-refractivity contribution in [1.82, 2.24) is 10.2 Å². The molecule has 0 aliphatic carbocycles. The number of nitrogens with zero attached hydrogens (tertiary/aromatic N) is 1. The van der Waals surface area contributed by atoms with Gasteiger partial charge in [-0.2, -0.15) is 0 Å². The van der Waals surface area contributed by atoms with Gasteiger partial charge in [0, 0.05) is 10.6 Å². The molecule has 35 heavy (non-hydrogen) atoms. The van der Waals surface area contributed by atoms with Gasteiger partial charge in [0.1, 0.15) is 17.9 Å². The summed E-state index contributed by atoms with van der Waals surface area (Å²) < 4.78 is 17.7.